The summed E-state index contributed by atoms with van der Waals surface area (Å²) in [5, 5.41) is 10.3. The van der Waals surface area contributed by atoms with Gasteiger partial charge in [0.2, 0.25) is 0 Å². The Morgan fingerprint density at radius 2 is 2.12 bits per heavy atom. The van der Waals surface area contributed by atoms with E-state index in [0.29, 0.717) is 12.5 Å². The van der Waals surface area contributed by atoms with Gasteiger partial charge in [0.1, 0.15) is 11.4 Å². The molecule has 92 valence electrons. The Hall–Kier alpha value is -1.06. The summed E-state index contributed by atoms with van der Waals surface area (Å²) < 4.78 is 6.19. The highest BCUT2D eigenvalue weighted by molar-refractivity contribution is 5.38. The Morgan fingerprint density at radius 3 is 2.82 bits per heavy atom. The largest absolute Gasteiger partial charge is 0.485 e. The molecule has 2 aliphatic rings. The third-order valence-electron chi connectivity index (χ3n) is 4.13. The first kappa shape index (κ1) is 11.1. The van der Waals surface area contributed by atoms with Gasteiger partial charge in [0.25, 0.3) is 0 Å². The lowest BCUT2D eigenvalue weighted by Gasteiger charge is -2.38. The maximum atomic E-state index is 10.3. The van der Waals surface area contributed by atoms with E-state index in [9.17, 15) is 5.11 Å². The second kappa shape index (κ2) is 3.72. The molecule has 2 unspecified atom stereocenters. The highest BCUT2D eigenvalue weighted by Crippen LogP contribution is 2.44. The van der Waals surface area contributed by atoms with Crippen molar-refractivity contribution in [2.24, 2.45) is 0 Å². The van der Waals surface area contributed by atoms with E-state index in [1.807, 2.05) is 24.3 Å². The van der Waals surface area contributed by atoms with Gasteiger partial charge in [0.05, 0.1) is 6.10 Å². The van der Waals surface area contributed by atoms with Gasteiger partial charge in [-0.05, 0) is 20.0 Å². The van der Waals surface area contributed by atoms with Gasteiger partial charge in [0.15, 0.2) is 0 Å². The Morgan fingerprint density at radius 1 is 1.35 bits per heavy atom. The van der Waals surface area contributed by atoms with Crippen LogP contribution in [0.4, 0.5) is 0 Å². The summed E-state index contributed by atoms with van der Waals surface area (Å²) in [6.07, 6.45) is 1.31. The van der Waals surface area contributed by atoms with Crippen molar-refractivity contribution in [1.29, 1.82) is 0 Å². The van der Waals surface area contributed by atoms with Crippen molar-refractivity contribution in [3.63, 3.8) is 0 Å². The number of benzene rings is 1. The second-order valence-corrected chi connectivity index (χ2v) is 5.51. The lowest BCUT2D eigenvalue weighted by Crippen LogP contribution is -2.43. The van der Waals surface area contributed by atoms with Gasteiger partial charge < -0.3 is 9.84 Å². The van der Waals surface area contributed by atoms with E-state index in [1.165, 1.54) is 0 Å². The van der Waals surface area contributed by atoms with Crippen molar-refractivity contribution in [2.75, 3.05) is 13.6 Å². The molecule has 3 atom stereocenters. The summed E-state index contributed by atoms with van der Waals surface area (Å²) in [5.74, 6) is 0.855. The van der Waals surface area contributed by atoms with Gasteiger partial charge in [-0.25, -0.2) is 0 Å². The fraction of sp³-hybridized carbons (Fsp3) is 0.571. The first-order valence-electron chi connectivity index (χ1n) is 6.26. The van der Waals surface area contributed by atoms with Crippen LogP contribution in [0.1, 0.15) is 31.4 Å². The highest BCUT2D eigenvalue weighted by atomic mass is 16.5. The van der Waals surface area contributed by atoms with Crippen molar-refractivity contribution in [3.8, 4) is 5.75 Å². The summed E-state index contributed by atoms with van der Waals surface area (Å²) in [6.45, 7) is 3.12. The maximum Gasteiger partial charge on any atom is 0.126 e. The minimum absolute atomic E-state index is 0.193. The molecule has 2 heterocycles. The molecular weight excluding hydrogens is 214 g/mol. The van der Waals surface area contributed by atoms with E-state index in [4.69, 9.17) is 4.74 Å². The minimum atomic E-state index is -0.390. The monoisotopic (exact) mass is 233 g/mol. The van der Waals surface area contributed by atoms with Crippen LogP contribution < -0.4 is 4.74 Å². The third-order valence-corrected chi connectivity index (χ3v) is 4.13. The Balaban J connectivity index is 1.94. The normalized spacial score (nSPS) is 36.9. The fourth-order valence-electron chi connectivity index (χ4n) is 3.18. The van der Waals surface area contributed by atoms with Crippen LogP contribution in [-0.2, 0) is 0 Å². The van der Waals surface area contributed by atoms with E-state index < -0.39 is 6.10 Å². The molecule has 1 aromatic rings. The summed E-state index contributed by atoms with van der Waals surface area (Å²) in [4.78, 5) is 2.31. The van der Waals surface area contributed by atoms with Crippen molar-refractivity contribution < 1.29 is 9.84 Å². The van der Waals surface area contributed by atoms with Crippen LogP contribution >= 0.6 is 0 Å². The Bertz CT molecular complexity index is 422. The lowest BCUT2D eigenvalue weighted by atomic mass is 9.87. The number of rotatable bonds is 0. The first-order valence-corrected chi connectivity index (χ1v) is 6.26. The molecule has 0 bridgehead atoms. The number of para-hydroxylation sites is 1. The van der Waals surface area contributed by atoms with Gasteiger partial charge in [-0.15, -0.1) is 0 Å². The number of hydrogen-bond acceptors (Lipinski definition) is 3. The zero-order valence-electron chi connectivity index (χ0n) is 10.4. The van der Waals surface area contributed by atoms with Gasteiger partial charge >= 0.3 is 0 Å². The average Bonchev–Trinajstić information content (AvgIpc) is 2.53. The quantitative estimate of drug-likeness (QED) is 0.743. The Labute approximate surface area is 102 Å². The summed E-state index contributed by atoms with van der Waals surface area (Å²) in [5.41, 5.74) is 0.738. The SMILES string of the molecule is CC1CC2(C[C@H](O)c3ccccc3O2)CN1C. The summed E-state index contributed by atoms with van der Waals surface area (Å²) >= 11 is 0. The Kier molecular flexibility index (Phi) is 2.42. The number of aliphatic hydroxyl groups excluding tert-OH is 1. The zero-order valence-corrected chi connectivity index (χ0v) is 10.4. The number of ether oxygens (including phenoxy) is 1. The fourth-order valence-corrected chi connectivity index (χ4v) is 3.18. The van der Waals surface area contributed by atoms with Crippen LogP contribution in [0.25, 0.3) is 0 Å². The predicted molar refractivity (Wildman–Crippen MR) is 66.1 cm³/mol. The van der Waals surface area contributed by atoms with E-state index >= 15 is 0 Å². The first-order chi connectivity index (χ1) is 8.10. The van der Waals surface area contributed by atoms with Crippen LogP contribution in [0.5, 0.6) is 5.75 Å². The molecule has 0 saturated carbocycles. The molecule has 3 nitrogen and oxygen atoms in total. The van der Waals surface area contributed by atoms with Gasteiger partial charge in [-0.3, -0.25) is 4.90 Å². The van der Waals surface area contributed by atoms with Crippen LogP contribution in [0, 0.1) is 0 Å². The smallest absolute Gasteiger partial charge is 0.126 e. The van der Waals surface area contributed by atoms with Crippen LogP contribution in [-0.4, -0.2) is 35.2 Å². The molecule has 1 saturated heterocycles. The molecule has 0 aliphatic carbocycles. The van der Waals surface area contributed by atoms with Gasteiger partial charge in [-0.2, -0.15) is 0 Å². The molecule has 0 amide bonds. The lowest BCUT2D eigenvalue weighted by molar-refractivity contribution is -0.00607. The number of nitrogens with zero attached hydrogens (tertiary/aromatic N) is 1. The number of likely N-dealkylation sites (N-methyl/N-ethyl adjacent to an activating group) is 1. The van der Waals surface area contributed by atoms with Crippen molar-refractivity contribution in [1.82, 2.24) is 4.90 Å². The molecule has 0 radical (unpaired) electrons. The molecule has 1 N–H and O–H groups in total. The predicted octanol–water partition coefficient (Wildman–Crippen LogP) is 1.97. The van der Waals surface area contributed by atoms with E-state index in [1.54, 1.807) is 0 Å². The average molecular weight is 233 g/mol. The molecular formula is C14H19NO2. The second-order valence-electron chi connectivity index (χ2n) is 5.51. The van der Waals surface area contributed by atoms with E-state index in [0.717, 1.165) is 24.3 Å². The topological polar surface area (TPSA) is 32.7 Å². The molecule has 1 fully saturated rings. The maximum absolute atomic E-state index is 10.3. The number of likely N-dealkylation sites (tertiary alicyclic amines) is 1. The summed E-state index contributed by atoms with van der Waals surface area (Å²) in [7, 11) is 2.12. The minimum Gasteiger partial charge on any atom is -0.485 e. The van der Waals surface area contributed by atoms with Crippen LogP contribution in [0.15, 0.2) is 24.3 Å². The van der Waals surface area contributed by atoms with Crippen LogP contribution in [0.2, 0.25) is 0 Å². The van der Waals surface area contributed by atoms with Crippen molar-refractivity contribution in [2.45, 2.75) is 37.5 Å². The molecule has 1 spiro atoms. The van der Waals surface area contributed by atoms with Crippen molar-refractivity contribution in [3.05, 3.63) is 29.8 Å². The molecule has 1 aromatic carbocycles. The highest BCUT2D eigenvalue weighted by Gasteiger charge is 2.47. The third kappa shape index (κ3) is 1.74. The van der Waals surface area contributed by atoms with Gasteiger partial charge in [-0.1, -0.05) is 18.2 Å². The molecule has 3 heteroatoms. The summed E-state index contributed by atoms with van der Waals surface area (Å²) in [6, 6.07) is 8.35. The van der Waals surface area contributed by atoms with Gasteiger partial charge in [0, 0.05) is 31.0 Å². The molecule has 2 aliphatic heterocycles. The van der Waals surface area contributed by atoms with Crippen LogP contribution in [0.3, 0.4) is 0 Å². The van der Waals surface area contributed by atoms with E-state index in [2.05, 4.69) is 18.9 Å². The molecule has 17 heavy (non-hydrogen) atoms. The van der Waals surface area contributed by atoms with Crippen molar-refractivity contribution >= 4 is 0 Å². The van der Waals surface area contributed by atoms with E-state index in [-0.39, 0.29) is 5.60 Å². The number of aliphatic hydroxyl groups is 1. The molecule has 3 rings (SSSR count). The zero-order chi connectivity index (χ0) is 12.0. The standard InChI is InChI=1S/C14H19NO2/c1-10-7-14(9-15(10)2)8-12(16)11-5-3-4-6-13(11)17-14/h3-6,10,12,16H,7-9H2,1-2H3/t10?,12-,14?/m0/s1. The number of fused-ring (bicyclic) bond motifs is 1. The molecule has 0 aromatic heterocycles. The number of hydrogen-bond donors (Lipinski definition) is 1.